The van der Waals surface area contributed by atoms with Crippen molar-refractivity contribution >= 4 is 23.2 Å². The van der Waals surface area contributed by atoms with Gasteiger partial charge >= 0.3 is 0 Å². The quantitative estimate of drug-likeness (QED) is 0.642. The molecule has 0 radical (unpaired) electrons. The van der Waals surface area contributed by atoms with Gasteiger partial charge in [-0.3, -0.25) is 14.5 Å². The molecule has 34 heavy (non-hydrogen) atoms. The Morgan fingerprint density at radius 3 is 2.56 bits per heavy atom. The van der Waals surface area contributed by atoms with Crippen LogP contribution < -0.4 is 0 Å². The predicted octanol–water partition coefficient (Wildman–Crippen LogP) is 4.64. The summed E-state index contributed by atoms with van der Waals surface area (Å²) >= 11 is 1.83. The highest BCUT2D eigenvalue weighted by molar-refractivity contribution is 7.10. The van der Waals surface area contributed by atoms with Gasteiger partial charge in [0.2, 0.25) is 11.8 Å². The van der Waals surface area contributed by atoms with Crippen LogP contribution in [0.25, 0.3) is 0 Å². The Bertz CT molecular complexity index is 1030. The number of carbonyl (C=O) groups excluding carboxylic acids is 2. The van der Waals surface area contributed by atoms with Gasteiger partial charge in [0.15, 0.2) is 0 Å². The van der Waals surface area contributed by atoms with Gasteiger partial charge in [-0.25, -0.2) is 0 Å². The molecule has 1 aromatic heterocycles. The normalized spacial score (nSPS) is 24.2. The molecule has 182 valence electrons. The monoisotopic (exact) mass is 479 g/mol. The van der Waals surface area contributed by atoms with Crippen LogP contribution in [0, 0.1) is 12.8 Å². The van der Waals surface area contributed by atoms with Gasteiger partial charge in [-0.2, -0.15) is 0 Å². The molecule has 2 amide bonds. The van der Waals surface area contributed by atoms with E-state index in [4.69, 9.17) is 0 Å². The zero-order chi connectivity index (χ0) is 23.7. The summed E-state index contributed by atoms with van der Waals surface area (Å²) in [5.74, 6) is 0.704. The van der Waals surface area contributed by atoms with Crippen LogP contribution in [0.1, 0.15) is 66.6 Å². The first kappa shape index (κ1) is 23.6. The van der Waals surface area contributed by atoms with Gasteiger partial charge in [-0.05, 0) is 61.2 Å². The SMILES string of the molecule is Cc1ccccc1[C@H]1c2ccsc2CCN1CC(=O)N1CCN(C(=O)C2CCCCC2)[C@@H](C)C1. The third-order valence-electron chi connectivity index (χ3n) is 8.10. The number of rotatable bonds is 4. The van der Waals surface area contributed by atoms with Crippen molar-refractivity contribution in [2.45, 2.75) is 64.5 Å². The number of benzene rings is 1. The molecule has 0 N–H and O–H groups in total. The van der Waals surface area contributed by atoms with Crippen LogP contribution in [0.4, 0.5) is 0 Å². The van der Waals surface area contributed by atoms with Crippen LogP contribution in [-0.4, -0.2) is 65.3 Å². The molecule has 2 aromatic rings. The van der Waals surface area contributed by atoms with Crippen LogP contribution in [0.2, 0.25) is 0 Å². The number of aryl methyl sites for hydroxylation is 1. The van der Waals surface area contributed by atoms with Crippen molar-refractivity contribution in [1.82, 2.24) is 14.7 Å². The lowest BCUT2D eigenvalue weighted by molar-refractivity contribution is -0.146. The van der Waals surface area contributed by atoms with Gasteiger partial charge in [-0.1, -0.05) is 43.5 Å². The van der Waals surface area contributed by atoms with E-state index in [1.165, 1.54) is 40.8 Å². The summed E-state index contributed by atoms with van der Waals surface area (Å²) in [5, 5.41) is 2.19. The molecule has 1 saturated heterocycles. The van der Waals surface area contributed by atoms with Crippen molar-refractivity contribution in [3.63, 3.8) is 0 Å². The van der Waals surface area contributed by atoms with Crippen molar-refractivity contribution in [3.05, 3.63) is 57.3 Å². The maximum Gasteiger partial charge on any atom is 0.236 e. The first-order valence-electron chi connectivity index (χ1n) is 13.0. The molecular formula is C28H37N3O2S. The predicted molar refractivity (Wildman–Crippen MR) is 137 cm³/mol. The standard InChI is InChI=1S/C28H37N3O2S/c1-20-8-6-7-11-23(20)27-24-13-17-34-25(24)12-14-30(27)19-26(32)29-15-16-31(21(2)18-29)28(33)22-9-4-3-5-10-22/h6-8,11,13,17,21-22,27H,3-5,9-10,12,14-16,18-19H2,1-2H3/t21-,27-/m0/s1. The van der Waals surface area contributed by atoms with Gasteiger partial charge in [0, 0.05) is 43.0 Å². The molecule has 1 aliphatic carbocycles. The molecule has 5 rings (SSSR count). The summed E-state index contributed by atoms with van der Waals surface area (Å²) < 4.78 is 0. The minimum Gasteiger partial charge on any atom is -0.338 e. The molecule has 3 aliphatic rings. The number of thiophene rings is 1. The summed E-state index contributed by atoms with van der Waals surface area (Å²) in [6.45, 7) is 7.55. The fourth-order valence-electron chi connectivity index (χ4n) is 6.17. The van der Waals surface area contributed by atoms with E-state index in [1.54, 1.807) is 0 Å². The molecule has 2 atom stereocenters. The molecule has 3 heterocycles. The van der Waals surface area contributed by atoms with Gasteiger partial charge in [0.25, 0.3) is 0 Å². The zero-order valence-corrected chi connectivity index (χ0v) is 21.4. The molecule has 1 aromatic carbocycles. The summed E-state index contributed by atoms with van der Waals surface area (Å²) in [5.41, 5.74) is 3.92. The number of piperazine rings is 1. The molecule has 5 nitrogen and oxygen atoms in total. The Morgan fingerprint density at radius 2 is 1.79 bits per heavy atom. The Hall–Kier alpha value is -2.18. The third-order valence-corrected chi connectivity index (χ3v) is 9.10. The van der Waals surface area contributed by atoms with Crippen LogP contribution in [-0.2, 0) is 16.0 Å². The Kier molecular flexibility index (Phi) is 7.07. The summed E-state index contributed by atoms with van der Waals surface area (Å²) in [4.78, 5) is 34.4. The Morgan fingerprint density at radius 1 is 1.00 bits per heavy atom. The number of hydrogen-bond acceptors (Lipinski definition) is 4. The Balaban J connectivity index is 1.27. The number of hydrogen-bond donors (Lipinski definition) is 0. The largest absolute Gasteiger partial charge is 0.338 e. The molecule has 0 bridgehead atoms. The van der Waals surface area contributed by atoms with Crippen molar-refractivity contribution in [3.8, 4) is 0 Å². The molecule has 2 fully saturated rings. The third kappa shape index (κ3) is 4.67. The Labute approximate surface area is 207 Å². The van der Waals surface area contributed by atoms with E-state index >= 15 is 0 Å². The minimum absolute atomic E-state index is 0.0872. The first-order chi connectivity index (χ1) is 16.5. The minimum atomic E-state index is 0.0872. The number of fused-ring (bicyclic) bond motifs is 1. The number of amides is 2. The van der Waals surface area contributed by atoms with Crippen LogP contribution in [0.3, 0.4) is 0 Å². The summed E-state index contributed by atoms with van der Waals surface area (Å²) in [7, 11) is 0. The lowest BCUT2D eigenvalue weighted by Gasteiger charge is -2.43. The van der Waals surface area contributed by atoms with Crippen molar-refractivity contribution in [2.75, 3.05) is 32.7 Å². The van der Waals surface area contributed by atoms with Gasteiger partial charge in [-0.15, -0.1) is 11.3 Å². The molecular weight excluding hydrogens is 442 g/mol. The van der Waals surface area contributed by atoms with E-state index in [9.17, 15) is 9.59 Å². The maximum atomic E-state index is 13.5. The second-order valence-corrected chi connectivity index (χ2v) is 11.3. The van der Waals surface area contributed by atoms with Crippen LogP contribution in [0.5, 0.6) is 0 Å². The van der Waals surface area contributed by atoms with Crippen molar-refractivity contribution in [2.24, 2.45) is 5.92 Å². The second kappa shape index (κ2) is 10.2. The van der Waals surface area contributed by atoms with E-state index in [-0.39, 0.29) is 23.9 Å². The molecule has 0 spiro atoms. The van der Waals surface area contributed by atoms with E-state index in [0.717, 1.165) is 25.8 Å². The van der Waals surface area contributed by atoms with Gasteiger partial charge in [0.05, 0.1) is 12.6 Å². The number of nitrogens with zero attached hydrogens (tertiary/aromatic N) is 3. The topological polar surface area (TPSA) is 43.9 Å². The molecule has 1 saturated carbocycles. The zero-order valence-electron chi connectivity index (χ0n) is 20.5. The van der Waals surface area contributed by atoms with Gasteiger partial charge in [0.1, 0.15) is 0 Å². The fourth-order valence-corrected chi connectivity index (χ4v) is 7.07. The van der Waals surface area contributed by atoms with Crippen molar-refractivity contribution in [1.29, 1.82) is 0 Å². The fraction of sp³-hybridized carbons (Fsp3) is 0.571. The maximum absolute atomic E-state index is 13.5. The lowest BCUT2D eigenvalue weighted by atomic mass is 9.87. The average Bonchev–Trinajstić information content (AvgIpc) is 3.33. The highest BCUT2D eigenvalue weighted by Gasteiger charge is 2.36. The van der Waals surface area contributed by atoms with Gasteiger partial charge < -0.3 is 9.80 Å². The molecule has 2 aliphatic heterocycles. The van der Waals surface area contributed by atoms with E-state index < -0.39 is 0 Å². The molecule has 6 heteroatoms. The van der Waals surface area contributed by atoms with E-state index in [1.807, 2.05) is 16.2 Å². The molecule has 0 unspecified atom stereocenters. The summed E-state index contributed by atoms with van der Waals surface area (Å²) in [6.07, 6.45) is 6.67. The lowest BCUT2D eigenvalue weighted by Crippen LogP contribution is -2.58. The summed E-state index contributed by atoms with van der Waals surface area (Å²) in [6, 6.07) is 11.0. The van der Waals surface area contributed by atoms with E-state index in [0.29, 0.717) is 32.1 Å². The average molecular weight is 480 g/mol. The van der Waals surface area contributed by atoms with Crippen LogP contribution in [0.15, 0.2) is 35.7 Å². The first-order valence-corrected chi connectivity index (χ1v) is 13.8. The number of carbonyl (C=O) groups is 2. The van der Waals surface area contributed by atoms with Crippen molar-refractivity contribution < 1.29 is 9.59 Å². The van der Waals surface area contributed by atoms with E-state index in [2.05, 4.69) is 59.4 Å². The second-order valence-electron chi connectivity index (χ2n) is 10.3. The highest BCUT2D eigenvalue weighted by atomic mass is 32.1. The highest BCUT2D eigenvalue weighted by Crippen LogP contribution is 2.38. The smallest absolute Gasteiger partial charge is 0.236 e. The van der Waals surface area contributed by atoms with Crippen LogP contribution >= 0.6 is 11.3 Å².